The molecule has 0 atom stereocenters. The van der Waals surface area contributed by atoms with E-state index >= 15 is 0 Å². The number of hydrogen-bond donors (Lipinski definition) is 1. The minimum atomic E-state index is 0.419. The highest BCUT2D eigenvalue weighted by Crippen LogP contribution is 2.27. The average Bonchev–Trinajstić information content (AvgIpc) is 2.78. The Bertz CT molecular complexity index is 530. The Morgan fingerprint density at radius 3 is 2.88 bits per heavy atom. The number of nitrogens with one attached hydrogen (secondary N) is 1. The molecular weight excluding hydrogens is 238 g/mol. The van der Waals surface area contributed by atoms with E-state index in [1.165, 1.54) is 0 Å². The van der Waals surface area contributed by atoms with Gasteiger partial charge in [-0.25, -0.2) is 9.97 Å². The van der Waals surface area contributed by atoms with Crippen molar-refractivity contribution in [2.45, 2.75) is 18.8 Å². The zero-order valence-electron chi connectivity index (χ0n) is 9.65. The van der Waals surface area contributed by atoms with Crippen LogP contribution in [-0.2, 0) is 0 Å². The van der Waals surface area contributed by atoms with Crippen LogP contribution >= 0.6 is 11.6 Å². The summed E-state index contributed by atoms with van der Waals surface area (Å²) in [5.41, 5.74) is 1.46. The summed E-state index contributed by atoms with van der Waals surface area (Å²) in [4.78, 5) is 11.2. The van der Waals surface area contributed by atoms with Gasteiger partial charge >= 0.3 is 0 Å². The van der Waals surface area contributed by atoms with Gasteiger partial charge in [0.25, 0.3) is 0 Å². The Labute approximate surface area is 104 Å². The van der Waals surface area contributed by atoms with Crippen molar-refractivity contribution >= 4 is 22.6 Å². The van der Waals surface area contributed by atoms with Crippen LogP contribution in [0.4, 0.5) is 0 Å². The lowest BCUT2D eigenvalue weighted by molar-refractivity contribution is 0.251. The van der Waals surface area contributed by atoms with Crippen molar-refractivity contribution in [3.05, 3.63) is 17.2 Å². The van der Waals surface area contributed by atoms with Gasteiger partial charge in [-0.3, -0.25) is 5.10 Å². The number of likely N-dealkylation sites (tertiary alicyclic amines) is 1. The molecule has 1 aliphatic heterocycles. The third-order valence-electron chi connectivity index (χ3n) is 3.35. The molecule has 3 heterocycles. The van der Waals surface area contributed by atoms with Crippen LogP contribution < -0.4 is 0 Å². The van der Waals surface area contributed by atoms with Gasteiger partial charge in [0.1, 0.15) is 16.9 Å². The van der Waals surface area contributed by atoms with Crippen molar-refractivity contribution in [3.8, 4) is 0 Å². The molecule has 90 valence electrons. The highest BCUT2D eigenvalue weighted by molar-refractivity contribution is 6.33. The predicted molar refractivity (Wildman–Crippen MR) is 66.2 cm³/mol. The predicted octanol–water partition coefficient (Wildman–Crippen LogP) is 1.82. The van der Waals surface area contributed by atoms with Crippen molar-refractivity contribution in [2.75, 3.05) is 20.1 Å². The molecular formula is C11H14ClN5. The summed E-state index contributed by atoms with van der Waals surface area (Å²) in [6.45, 7) is 2.18. The zero-order valence-corrected chi connectivity index (χ0v) is 10.4. The standard InChI is InChI=1S/C11H14ClN5/c1-17-4-2-7(3-5-17)11-14-8-6-13-16-9(8)10(12)15-11/h6-7H,2-5H2,1H3,(H,13,16). The van der Waals surface area contributed by atoms with Gasteiger partial charge in [0.15, 0.2) is 5.15 Å². The Balaban J connectivity index is 1.94. The first-order chi connectivity index (χ1) is 8.24. The second-order valence-electron chi connectivity index (χ2n) is 4.57. The van der Waals surface area contributed by atoms with Gasteiger partial charge < -0.3 is 4.90 Å². The molecule has 0 amide bonds. The fourth-order valence-electron chi connectivity index (χ4n) is 2.27. The first-order valence-corrected chi connectivity index (χ1v) is 6.17. The third kappa shape index (κ3) is 2.00. The molecule has 1 N–H and O–H groups in total. The summed E-state index contributed by atoms with van der Waals surface area (Å²) in [5.74, 6) is 1.28. The lowest BCUT2D eigenvalue weighted by Crippen LogP contribution is -2.29. The minimum Gasteiger partial charge on any atom is -0.306 e. The van der Waals surface area contributed by atoms with E-state index in [1.807, 2.05) is 0 Å². The number of H-pyrrole nitrogens is 1. The lowest BCUT2D eigenvalue weighted by Gasteiger charge is -2.27. The summed E-state index contributed by atoms with van der Waals surface area (Å²) >= 11 is 6.11. The molecule has 6 heteroatoms. The van der Waals surface area contributed by atoms with Crippen LogP contribution in [0.5, 0.6) is 0 Å². The van der Waals surface area contributed by atoms with Crippen LogP contribution in [0.2, 0.25) is 5.15 Å². The molecule has 1 aliphatic rings. The molecule has 3 rings (SSSR count). The number of aromatic nitrogens is 4. The quantitative estimate of drug-likeness (QED) is 0.786. The maximum atomic E-state index is 6.11. The van der Waals surface area contributed by atoms with Crippen molar-refractivity contribution < 1.29 is 0 Å². The summed E-state index contributed by atoms with van der Waals surface area (Å²) in [7, 11) is 2.14. The molecule has 1 fully saturated rings. The number of rotatable bonds is 1. The van der Waals surface area contributed by atoms with Crippen LogP contribution in [0, 0.1) is 0 Å². The van der Waals surface area contributed by atoms with Gasteiger partial charge in [0.05, 0.1) is 0 Å². The second kappa shape index (κ2) is 4.23. The van der Waals surface area contributed by atoms with E-state index in [1.54, 1.807) is 6.20 Å². The first-order valence-electron chi connectivity index (χ1n) is 5.79. The number of hydrogen-bond acceptors (Lipinski definition) is 4. The summed E-state index contributed by atoms with van der Waals surface area (Å²) in [6.07, 6.45) is 3.95. The van der Waals surface area contributed by atoms with Gasteiger partial charge in [-0.15, -0.1) is 0 Å². The molecule has 2 aromatic heterocycles. The monoisotopic (exact) mass is 251 g/mol. The Morgan fingerprint density at radius 1 is 1.35 bits per heavy atom. The molecule has 0 unspecified atom stereocenters. The van der Waals surface area contributed by atoms with Crippen molar-refractivity contribution in [2.24, 2.45) is 0 Å². The van der Waals surface area contributed by atoms with Crippen LogP contribution in [0.3, 0.4) is 0 Å². The highest BCUT2D eigenvalue weighted by atomic mass is 35.5. The molecule has 0 aliphatic carbocycles. The van der Waals surface area contributed by atoms with Crippen LogP contribution in [0.15, 0.2) is 6.20 Å². The number of aromatic amines is 1. The van der Waals surface area contributed by atoms with Gasteiger partial charge in [-0.2, -0.15) is 5.10 Å². The Hall–Kier alpha value is -1.20. The number of halogens is 1. The zero-order chi connectivity index (χ0) is 11.8. The van der Waals surface area contributed by atoms with E-state index in [4.69, 9.17) is 11.6 Å². The van der Waals surface area contributed by atoms with Crippen LogP contribution in [-0.4, -0.2) is 45.2 Å². The van der Waals surface area contributed by atoms with Crippen LogP contribution in [0.25, 0.3) is 11.0 Å². The average molecular weight is 252 g/mol. The van der Waals surface area contributed by atoms with Gasteiger partial charge in [-0.1, -0.05) is 11.6 Å². The first kappa shape index (κ1) is 10.9. The van der Waals surface area contributed by atoms with Gasteiger partial charge in [0.2, 0.25) is 0 Å². The summed E-state index contributed by atoms with van der Waals surface area (Å²) < 4.78 is 0. The molecule has 1 saturated heterocycles. The smallest absolute Gasteiger partial charge is 0.160 e. The molecule has 0 bridgehead atoms. The van der Waals surface area contributed by atoms with E-state index in [-0.39, 0.29) is 0 Å². The maximum Gasteiger partial charge on any atom is 0.160 e. The third-order valence-corrected chi connectivity index (χ3v) is 3.61. The van der Waals surface area contributed by atoms with Gasteiger partial charge in [-0.05, 0) is 33.0 Å². The molecule has 0 radical (unpaired) electrons. The number of nitrogens with zero attached hydrogens (tertiary/aromatic N) is 4. The molecule has 0 aromatic carbocycles. The molecule has 2 aromatic rings. The summed E-state index contributed by atoms with van der Waals surface area (Å²) in [5, 5.41) is 7.25. The molecule has 17 heavy (non-hydrogen) atoms. The molecule has 5 nitrogen and oxygen atoms in total. The van der Waals surface area contributed by atoms with Crippen molar-refractivity contribution in [1.82, 2.24) is 25.1 Å². The topological polar surface area (TPSA) is 57.7 Å². The van der Waals surface area contributed by atoms with E-state index in [2.05, 4.69) is 32.1 Å². The molecule has 0 spiro atoms. The lowest BCUT2D eigenvalue weighted by atomic mass is 9.96. The van der Waals surface area contributed by atoms with Crippen molar-refractivity contribution in [1.29, 1.82) is 0 Å². The SMILES string of the molecule is CN1CCC(c2nc(Cl)c3n[nH]cc3n2)CC1. The van der Waals surface area contributed by atoms with E-state index in [0.717, 1.165) is 37.3 Å². The molecule has 0 saturated carbocycles. The minimum absolute atomic E-state index is 0.419. The fraction of sp³-hybridized carbons (Fsp3) is 0.545. The van der Waals surface area contributed by atoms with E-state index in [0.29, 0.717) is 16.6 Å². The normalized spacial score (nSPS) is 18.9. The van der Waals surface area contributed by atoms with Crippen molar-refractivity contribution in [3.63, 3.8) is 0 Å². The largest absolute Gasteiger partial charge is 0.306 e. The summed E-state index contributed by atoms with van der Waals surface area (Å²) in [6, 6.07) is 0. The number of piperidine rings is 1. The van der Waals surface area contributed by atoms with E-state index < -0.39 is 0 Å². The van der Waals surface area contributed by atoms with Gasteiger partial charge in [0, 0.05) is 12.1 Å². The fourth-order valence-corrected chi connectivity index (χ4v) is 2.50. The van der Waals surface area contributed by atoms with Crippen LogP contribution in [0.1, 0.15) is 24.6 Å². The Morgan fingerprint density at radius 2 is 2.12 bits per heavy atom. The Kier molecular flexibility index (Phi) is 2.72. The van der Waals surface area contributed by atoms with E-state index in [9.17, 15) is 0 Å². The number of fused-ring (bicyclic) bond motifs is 1. The highest BCUT2D eigenvalue weighted by Gasteiger charge is 2.22. The maximum absolute atomic E-state index is 6.11. The second-order valence-corrected chi connectivity index (χ2v) is 4.93.